The molecule has 0 unspecified atom stereocenters. The first kappa shape index (κ1) is 107. The zero-order chi connectivity index (χ0) is 99.7. The molecular weight excluding hydrogens is 1840 g/mol. The molecular formula is C110H161N15O9Si6. The minimum absolute atomic E-state index is 0.137. The summed E-state index contributed by atoms with van der Waals surface area (Å²) in [5, 5.41) is 36.7. The van der Waals surface area contributed by atoms with Gasteiger partial charge in [0.2, 0.25) is 0 Å². The zero-order valence-corrected chi connectivity index (χ0v) is 93.8. The molecule has 754 valence electrons. The van der Waals surface area contributed by atoms with Crippen molar-refractivity contribution in [2.75, 3.05) is 101 Å². The maximum absolute atomic E-state index is 11.0. The standard InChI is InChI=1S/2C37H55N5O3Si2.C36H51N5O3Si2/c2*1-8-37(43)18-16-30(17-19-37)34-24-35(41(27-44-20-22-46(2,3)4)28-45-21-23-47(5,6)7)42-36(40-34)32(26-39-42)31-14-15-33(38-25-31)29-12-10-9-11-13-29;1-45(2,3)20-18-42-26-40(27-43-19-21-46(4,5)6)34-22-33(29-14-16-36(17-15-29)25-44-36)39-35-31(24-38-41(34)35)30-12-13-32(37-23-30)28-10-8-7-9-11-28/h2*9-15,24-26,30,43H,8,16-23,27-28H2,1-7H3;7-13,22-24,29H,14-21,25-27H2,1-6H3. The third-order valence-corrected chi connectivity index (χ3v) is 38.4. The molecule has 9 aromatic heterocycles. The molecule has 140 heavy (non-hydrogen) atoms. The molecule has 1 aliphatic heterocycles. The van der Waals surface area contributed by atoms with E-state index in [2.05, 4.69) is 237 Å². The van der Waals surface area contributed by atoms with Crippen molar-refractivity contribution in [2.45, 2.75) is 292 Å². The van der Waals surface area contributed by atoms with Gasteiger partial charge in [-0.25, -0.2) is 15.0 Å². The van der Waals surface area contributed by atoms with E-state index in [1.54, 1.807) is 0 Å². The second-order valence-corrected chi connectivity index (χ2v) is 80.8. The van der Waals surface area contributed by atoms with E-state index < -0.39 is 59.6 Å². The highest BCUT2D eigenvalue weighted by atomic mass is 28.3. The summed E-state index contributed by atoms with van der Waals surface area (Å²) in [5.74, 6) is 3.69. The molecule has 0 bridgehead atoms. The van der Waals surface area contributed by atoms with Crippen LogP contribution in [0.1, 0.15) is 139 Å². The summed E-state index contributed by atoms with van der Waals surface area (Å²) >= 11 is 0. The number of ether oxygens (including phenoxy) is 7. The van der Waals surface area contributed by atoms with Crippen molar-refractivity contribution in [2.24, 2.45) is 0 Å². The predicted molar refractivity (Wildman–Crippen MR) is 589 cm³/mol. The second kappa shape index (κ2) is 47.4. The van der Waals surface area contributed by atoms with Crippen molar-refractivity contribution < 1.29 is 43.4 Å². The average molecular weight is 2010 g/mol. The largest absolute Gasteiger partial charge is 0.390 e. The van der Waals surface area contributed by atoms with E-state index in [9.17, 15) is 10.2 Å². The molecule has 24 nitrogen and oxygen atoms in total. The highest BCUT2D eigenvalue weighted by Gasteiger charge is 2.48. The van der Waals surface area contributed by atoms with Crippen LogP contribution in [0, 0.1) is 0 Å². The van der Waals surface area contributed by atoms with Gasteiger partial charge in [-0.1, -0.05) is 241 Å². The zero-order valence-electron chi connectivity index (χ0n) is 87.8. The van der Waals surface area contributed by atoms with E-state index in [1.807, 2.05) is 105 Å². The topological polar surface area (TPSA) is 247 Å². The fraction of sp³-hybridized carbons (Fsp3) is 0.536. The molecule has 0 atom stereocenters. The molecule has 1 spiro atoms. The van der Waals surface area contributed by atoms with Crippen LogP contribution in [0.15, 0.2) is 183 Å². The van der Waals surface area contributed by atoms with Gasteiger partial charge in [0.05, 0.1) is 59.1 Å². The van der Waals surface area contributed by atoms with Crippen LogP contribution in [-0.4, -0.2) is 221 Å². The molecule has 4 aliphatic rings. The summed E-state index contributed by atoms with van der Waals surface area (Å²) in [6.07, 6.45) is 24.2. The third-order valence-electron chi connectivity index (χ3n) is 28.1. The van der Waals surface area contributed by atoms with Crippen molar-refractivity contribution in [1.29, 1.82) is 0 Å². The Morgan fingerprint density at radius 2 is 0.557 bits per heavy atom. The van der Waals surface area contributed by atoms with Gasteiger partial charge in [-0.3, -0.25) is 15.0 Å². The van der Waals surface area contributed by atoms with Gasteiger partial charge in [-0.05, 0) is 144 Å². The lowest BCUT2D eigenvalue weighted by Crippen LogP contribution is -2.34. The van der Waals surface area contributed by atoms with E-state index >= 15 is 0 Å². The van der Waals surface area contributed by atoms with Gasteiger partial charge in [0.1, 0.15) is 57.8 Å². The molecule has 1 saturated heterocycles. The van der Waals surface area contributed by atoms with Crippen LogP contribution in [-0.2, 0) is 33.2 Å². The molecule has 16 rings (SSSR count). The van der Waals surface area contributed by atoms with Crippen molar-refractivity contribution in [3.63, 3.8) is 0 Å². The van der Waals surface area contributed by atoms with E-state index in [0.29, 0.717) is 46.3 Å². The fourth-order valence-corrected chi connectivity index (χ4v) is 22.6. The number of hydrogen-bond donors (Lipinski definition) is 2. The van der Waals surface area contributed by atoms with Crippen LogP contribution in [0.3, 0.4) is 0 Å². The van der Waals surface area contributed by atoms with Gasteiger partial charge in [-0.15, -0.1) is 0 Å². The van der Waals surface area contributed by atoms with Crippen LogP contribution in [0.5, 0.6) is 0 Å². The Morgan fingerprint density at radius 3 is 0.764 bits per heavy atom. The summed E-state index contributed by atoms with van der Waals surface area (Å²) < 4.78 is 49.7. The van der Waals surface area contributed by atoms with Crippen LogP contribution in [0.4, 0.5) is 17.5 Å². The molecule has 0 radical (unpaired) electrons. The van der Waals surface area contributed by atoms with Gasteiger partial charge < -0.3 is 58.1 Å². The Morgan fingerprint density at radius 1 is 0.321 bits per heavy atom. The van der Waals surface area contributed by atoms with Crippen molar-refractivity contribution in [1.82, 2.24) is 58.7 Å². The van der Waals surface area contributed by atoms with Gasteiger partial charge in [-0.2, -0.15) is 28.8 Å². The summed E-state index contributed by atoms with van der Waals surface area (Å²) in [7, 11) is -7.37. The quantitative estimate of drug-likeness (QED) is 0.0156. The lowest BCUT2D eigenvalue weighted by molar-refractivity contribution is -0.00484. The van der Waals surface area contributed by atoms with Crippen molar-refractivity contribution in [3.8, 4) is 67.2 Å². The van der Waals surface area contributed by atoms with Crippen LogP contribution >= 0.6 is 0 Å². The first-order chi connectivity index (χ1) is 66.7. The van der Waals surface area contributed by atoms with Gasteiger partial charge in [0.25, 0.3) is 0 Å². The number of epoxide rings is 1. The number of anilines is 3. The predicted octanol–water partition coefficient (Wildman–Crippen LogP) is 25.7. The summed E-state index contributed by atoms with van der Waals surface area (Å²) in [5.41, 5.74) is 16.6. The normalized spacial score (nSPS) is 19.3. The minimum Gasteiger partial charge on any atom is -0.390 e. The smallest absolute Gasteiger partial charge is 0.165 e. The summed E-state index contributed by atoms with van der Waals surface area (Å²) in [4.78, 5) is 36.9. The molecule has 12 aromatic rings. The Bertz CT molecular complexity index is 5570. The maximum atomic E-state index is 11.0. The number of aromatic nitrogens is 12. The van der Waals surface area contributed by atoms with Crippen molar-refractivity contribution >= 4 is 82.8 Å². The van der Waals surface area contributed by atoms with E-state index in [0.717, 1.165) is 291 Å². The Labute approximate surface area is 840 Å². The molecule has 0 amide bonds. The lowest BCUT2D eigenvalue weighted by atomic mass is 9.76. The molecule has 2 N–H and O–H groups in total. The van der Waals surface area contributed by atoms with Gasteiger partial charge in [0, 0.05) is 210 Å². The third kappa shape index (κ3) is 30.7. The van der Waals surface area contributed by atoms with Crippen molar-refractivity contribution in [3.05, 3.63) is 200 Å². The number of rotatable bonds is 44. The number of benzene rings is 3. The van der Waals surface area contributed by atoms with Gasteiger partial charge in [0.15, 0.2) is 16.9 Å². The molecule has 3 aliphatic carbocycles. The highest BCUT2D eigenvalue weighted by molar-refractivity contribution is 6.78. The van der Waals surface area contributed by atoms with E-state index in [1.165, 1.54) is 0 Å². The second-order valence-electron chi connectivity index (χ2n) is 47.1. The molecule has 3 saturated carbocycles. The van der Waals surface area contributed by atoms with Crippen LogP contribution < -0.4 is 14.7 Å². The van der Waals surface area contributed by atoms with E-state index in [-0.39, 0.29) is 17.4 Å². The lowest BCUT2D eigenvalue weighted by Gasteiger charge is -2.35. The summed E-state index contributed by atoms with van der Waals surface area (Å²) in [6.45, 7) is 54.9. The Balaban J connectivity index is 0.000000167. The fourth-order valence-electron chi connectivity index (χ4n) is 18.1. The average Bonchev–Trinajstić information content (AvgIpc) is 1.50. The molecule has 4 fully saturated rings. The van der Waals surface area contributed by atoms with Crippen LogP contribution in [0.25, 0.3) is 84.1 Å². The van der Waals surface area contributed by atoms with E-state index in [4.69, 9.17) is 78.4 Å². The number of pyridine rings is 3. The number of fused-ring (bicyclic) bond motifs is 3. The van der Waals surface area contributed by atoms with Gasteiger partial charge >= 0.3 is 0 Å². The molecule has 30 heteroatoms. The number of nitrogens with zero attached hydrogens (tertiary/aromatic N) is 15. The highest BCUT2D eigenvalue weighted by Crippen LogP contribution is 2.48. The SMILES string of the molecule is CCC1(O)CCC(c2cc(N(COCC[Si](C)(C)C)COCC[Si](C)(C)C)n3ncc(-c4ccc(-c5ccccc5)nc4)c3n2)CC1.CCC1(O)CCC(c2cc(N(COCC[Si](C)(C)C)COCC[Si](C)(C)C)n3ncc(-c4ccc(-c5ccccc5)nc4)c3n2)CC1.C[Si](C)(C)CCOCN(COCC[Si](C)(C)C)c1cc(C2CCC3(CC2)CO3)nc2c(-c3ccc(-c4ccccc4)nc3)cnn12. The molecule has 10 heterocycles. The monoisotopic (exact) mass is 2000 g/mol. The minimum atomic E-state index is -1.24. The summed E-state index contributed by atoms with van der Waals surface area (Å²) in [6, 6.07) is 56.6. The first-order valence-corrected chi connectivity index (χ1v) is 73.9. The Kier molecular flexibility index (Phi) is 36.3. The first-order valence-electron chi connectivity index (χ1n) is 51.7. The number of aliphatic hydroxyl groups is 2. The maximum Gasteiger partial charge on any atom is 0.165 e. The molecule has 3 aromatic carbocycles. The number of hydrogen-bond acceptors (Lipinski definition) is 21. The Hall–Kier alpha value is -8.69. The van der Waals surface area contributed by atoms with Crippen LogP contribution in [0.2, 0.25) is 154 Å².